The molecule has 3 rings (SSSR count). The minimum Gasteiger partial charge on any atom is -0.497 e. The van der Waals surface area contributed by atoms with Gasteiger partial charge in [-0.05, 0) is 50.1 Å². The quantitative estimate of drug-likeness (QED) is 0.794. The SMILES string of the molecule is COc1ccc(C2CCCN2CC(=O)Nc2cccc(Cl)c2C)c(OC)c1. The number of anilines is 1. The molecule has 2 aromatic carbocycles. The highest BCUT2D eigenvalue weighted by atomic mass is 35.5. The Balaban J connectivity index is 1.73. The van der Waals surface area contributed by atoms with Gasteiger partial charge in [0, 0.05) is 28.4 Å². The van der Waals surface area contributed by atoms with E-state index < -0.39 is 0 Å². The van der Waals surface area contributed by atoms with Crippen molar-refractivity contribution in [3.63, 3.8) is 0 Å². The Morgan fingerprint density at radius 3 is 2.81 bits per heavy atom. The van der Waals surface area contributed by atoms with Crippen LogP contribution in [0.2, 0.25) is 5.02 Å². The largest absolute Gasteiger partial charge is 0.497 e. The fourth-order valence-corrected chi connectivity index (χ4v) is 3.75. The second kappa shape index (κ2) is 8.63. The highest BCUT2D eigenvalue weighted by Crippen LogP contribution is 2.38. The van der Waals surface area contributed by atoms with Gasteiger partial charge in [-0.1, -0.05) is 23.7 Å². The Bertz CT molecular complexity index is 825. The van der Waals surface area contributed by atoms with Crippen LogP contribution in [0.25, 0.3) is 0 Å². The Kier molecular flexibility index (Phi) is 6.24. The van der Waals surface area contributed by atoms with E-state index in [1.807, 2.05) is 43.3 Å². The molecule has 1 N–H and O–H groups in total. The van der Waals surface area contributed by atoms with Crippen molar-refractivity contribution in [3.8, 4) is 11.5 Å². The fourth-order valence-electron chi connectivity index (χ4n) is 3.58. The molecular weight excluding hydrogens is 364 g/mol. The molecule has 1 atom stereocenters. The molecule has 0 spiro atoms. The summed E-state index contributed by atoms with van der Waals surface area (Å²) in [6, 6.07) is 11.5. The molecule has 1 unspecified atom stereocenters. The number of carbonyl (C=O) groups is 1. The van der Waals surface area contributed by atoms with Crippen molar-refractivity contribution >= 4 is 23.2 Å². The lowest BCUT2D eigenvalue weighted by atomic mass is 10.0. The highest BCUT2D eigenvalue weighted by molar-refractivity contribution is 6.31. The Morgan fingerprint density at radius 1 is 1.26 bits per heavy atom. The summed E-state index contributed by atoms with van der Waals surface area (Å²) in [7, 11) is 3.30. The van der Waals surface area contributed by atoms with Crippen LogP contribution in [0, 0.1) is 6.92 Å². The number of halogens is 1. The maximum Gasteiger partial charge on any atom is 0.238 e. The number of carbonyl (C=O) groups excluding carboxylic acids is 1. The summed E-state index contributed by atoms with van der Waals surface area (Å²) in [4.78, 5) is 14.8. The van der Waals surface area contributed by atoms with E-state index in [2.05, 4.69) is 10.2 Å². The maximum atomic E-state index is 12.6. The van der Waals surface area contributed by atoms with E-state index in [1.165, 1.54) is 0 Å². The van der Waals surface area contributed by atoms with E-state index in [1.54, 1.807) is 14.2 Å². The first-order valence-electron chi connectivity index (χ1n) is 9.04. The molecule has 0 saturated carbocycles. The topological polar surface area (TPSA) is 50.8 Å². The van der Waals surface area contributed by atoms with E-state index in [0.29, 0.717) is 11.6 Å². The predicted molar refractivity (Wildman–Crippen MR) is 108 cm³/mol. The molecule has 1 aliphatic rings. The maximum absolute atomic E-state index is 12.6. The normalized spacial score (nSPS) is 17.0. The monoisotopic (exact) mass is 388 g/mol. The zero-order valence-corrected chi connectivity index (χ0v) is 16.7. The van der Waals surface area contributed by atoms with Gasteiger partial charge in [-0.2, -0.15) is 0 Å². The molecule has 0 bridgehead atoms. The average molecular weight is 389 g/mol. The van der Waals surface area contributed by atoms with E-state index in [9.17, 15) is 4.79 Å². The van der Waals surface area contributed by atoms with Crippen LogP contribution >= 0.6 is 11.6 Å². The van der Waals surface area contributed by atoms with Crippen molar-refractivity contribution in [1.82, 2.24) is 4.90 Å². The molecule has 27 heavy (non-hydrogen) atoms. The third-order valence-corrected chi connectivity index (χ3v) is 5.46. The second-order valence-corrected chi connectivity index (χ2v) is 7.10. The van der Waals surface area contributed by atoms with Crippen molar-refractivity contribution in [1.29, 1.82) is 0 Å². The van der Waals surface area contributed by atoms with Crippen molar-refractivity contribution in [3.05, 3.63) is 52.5 Å². The lowest BCUT2D eigenvalue weighted by Gasteiger charge is -2.26. The molecule has 0 aliphatic carbocycles. The van der Waals surface area contributed by atoms with Crippen LogP contribution in [0.15, 0.2) is 36.4 Å². The number of ether oxygens (including phenoxy) is 2. The Hall–Kier alpha value is -2.24. The summed E-state index contributed by atoms with van der Waals surface area (Å²) >= 11 is 6.14. The van der Waals surface area contributed by atoms with Crippen LogP contribution in [-0.4, -0.2) is 38.1 Å². The number of likely N-dealkylation sites (tertiary alicyclic amines) is 1. The molecule has 1 heterocycles. The molecule has 2 aromatic rings. The molecule has 0 radical (unpaired) electrons. The second-order valence-electron chi connectivity index (χ2n) is 6.70. The van der Waals surface area contributed by atoms with Gasteiger partial charge < -0.3 is 14.8 Å². The van der Waals surface area contributed by atoms with Crippen LogP contribution in [-0.2, 0) is 4.79 Å². The zero-order valence-electron chi connectivity index (χ0n) is 15.9. The van der Waals surface area contributed by atoms with Crippen molar-refractivity contribution in [2.45, 2.75) is 25.8 Å². The van der Waals surface area contributed by atoms with Crippen molar-refractivity contribution < 1.29 is 14.3 Å². The minimum atomic E-state index is -0.0419. The molecule has 0 aromatic heterocycles. The van der Waals surface area contributed by atoms with Crippen molar-refractivity contribution in [2.24, 2.45) is 0 Å². The van der Waals surface area contributed by atoms with Gasteiger partial charge in [0.15, 0.2) is 0 Å². The Labute approximate surface area is 165 Å². The van der Waals surface area contributed by atoms with Gasteiger partial charge in [0.05, 0.1) is 20.8 Å². The molecule has 144 valence electrons. The highest BCUT2D eigenvalue weighted by Gasteiger charge is 2.30. The van der Waals surface area contributed by atoms with Gasteiger partial charge in [-0.25, -0.2) is 0 Å². The van der Waals surface area contributed by atoms with E-state index >= 15 is 0 Å². The minimum absolute atomic E-state index is 0.0419. The van der Waals surface area contributed by atoms with E-state index in [4.69, 9.17) is 21.1 Å². The van der Waals surface area contributed by atoms with Gasteiger partial charge in [0.2, 0.25) is 5.91 Å². The lowest BCUT2D eigenvalue weighted by molar-refractivity contribution is -0.117. The first kappa shape index (κ1) is 19.5. The summed E-state index contributed by atoms with van der Waals surface area (Å²) < 4.78 is 10.8. The van der Waals surface area contributed by atoms with Gasteiger partial charge in [0.25, 0.3) is 0 Å². The van der Waals surface area contributed by atoms with Gasteiger partial charge in [0.1, 0.15) is 11.5 Å². The van der Waals surface area contributed by atoms with Gasteiger partial charge in [-0.3, -0.25) is 9.69 Å². The number of methoxy groups -OCH3 is 2. The van der Waals surface area contributed by atoms with Gasteiger partial charge in [-0.15, -0.1) is 0 Å². The molecular formula is C21H25ClN2O3. The van der Waals surface area contributed by atoms with E-state index in [0.717, 1.165) is 47.7 Å². The summed E-state index contributed by atoms with van der Waals surface area (Å²) in [6.45, 7) is 3.10. The molecule has 1 saturated heterocycles. The number of nitrogens with zero attached hydrogens (tertiary/aromatic N) is 1. The van der Waals surface area contributed by atoms with Gasteiger partial charge >= 0.3 is 0 Å². The summed E-state index contributed by atoms with van der Waals surface area (Å²) in [6.07, 6.45) is 2.04. The third kappa shape index (κ3) is 4.37. The van der Waals surface area contributed by atoms with Crippen LogP contribution in [0.1, 0.15) is 30.0 Å². The Morgan fingerprint density at radius 2 is 2.07 bits per heavy atom. The van der Waals surface area contributed by atoms with E-state index in [-0.39, 0.29) is 11.9 Å². The standard InChI is InChI=1S/C21H25ClN2O3/c1-14-17(22)6-4-7-18(14)23-21(25)13-24-11-5-8-19(24)16-10-9-15(26-2)12-20(16)27-3/h4,6-7,9-10,12,19H,5,8,11,13H2,1-3H3,(H,23,25). The molecule has 5 nitrogen and oxygen atoms in total. The smallest absolute Gasteiger partial charge is 0.238 e. The summed E-state index contributed by atoms with van der Waals surface area (Å²) in [5.74, 6) is 1.51. The van der Waals surface area contributed by atoms with Crippen LogP contribution in [0.4, 0.5) is 5.69 Å². The van der Waals surface area contributed by atoms with Crippen LogP contribution < -0.4 is 14.8 Å². The van der Waals surface area contributed by atoms with Crippen LogP contribution in [0.5, 0.6) is 11.5 Å². The average Bonchev–Trinajstić information content (AvgIpc) is 3.12. The number of nitrogens with one attached hydrogen (secondary N) is 1. The first-order chi connectivity index (χ1) is 13.0. The number of hydrogen-bond donors (Lipinski definition) is 1. The molecule has 1 amide bonds. The lowest BCUT2D eigenvalue weighted by Crippen LogP contribution is -2.33. The molecule has 1 aliphatic heterocycles. The summed E-state index contributed by atoms with van der Waals surface area (Å²) in [5.41, 5.74) is 2.72. The fraction of sp³-hybridized carbons (Fsp3) is 0.381. The number of amides is 1. The number of benzene rings is 2. The first-order valence-corrected chi connectivity index (χ1v) is 9.42. The summed E-state index contributed by atoms with van der Waals surface area (Å²) in [5, 5.41) is 3.63. The molecule has 6 heteroatoms. The van der Waals surface area contributed by atoms with Crippen LogP contribution in [0.3, 0.4) is 0 Å². The predicted octanol–water partition coefficient (Wildman–Crippen LogP) is 4.44. The zero-order chi connectivity index (χ0) is 19.4. The third-order valence-electron chi connectivity index (χ3n) is 5.05. The van der Waals surface area contributed by atoms with Crippen molar-refractivity contribution in [2.75, 3.05) is 32.6 Å². The number of hydrogen-bond acceptors (Lipinski definition) is 4. The number of rotatable bonds is 6. The molecule has 1 fully saturated rings.